The highest BCUT2D eigenvalue weighted by molar-refractivity contribution is 7.99. The Labute approximate surface area is 192 Å². The molecule has 4 nitrogen and oxygen atoms in total. The van der Waals surface area contributed by atoms with E-state index >= 15 is 0 Å². The Morgan fingerprint density at radius 3 is 2.63 bits per heavy atom. The van der Waals surface area contributed by atoms with Gasteiger partial charge in [-0.25, -0.2) is 4.98 Å². The summed E-state index contributed by atoms with van der Waals surface area (Å²) in [5, 5.41) is 1.48. The molecule has 0 radical (unpaired) electrons. The minimum Gasteiger partial charge on any atom is -0.309 e. The fourth-order valence-corrected chi connectivity index (χ4v) is 5.53. The molecule has 3 aromatic rings. The Kier molecular flexibility index (Phi) is 8.57. The van der Waals surface area contributed by atoms with E-state index in [9.17, 15) is 4.79 Å². The van der Waals surface area contributed by atoms with E-state index in [1.807, 2.05) is 42.2 Å². The third kappa shape index (κ3) is 6.45. The molecule has 160 valence electrons. The lowest BCUT2D eigenvalue weighted by atomic mass is 10.2. The molecule has 0 unspecified atom stereocenters. The highest BCUT2D eigenvalue weighted by Crippen LogP contribution is 2.33. The van der Waals surface area contributed by atoms with Crippen molar-refractivity contribution in [2.45, 2.75) is 31.1 Å². The maximum absolute atomic E-state index is 13.1. The quantitative estimate of drug-likeness (QED) is 0.269. The normalized spacial score (nSPS) is 11.4. The number of carbonyl (C=O) groups is 1. The highest BCUT2D eigenvalue weighted by Gasteiger charge is 2.20. The first-order chi connectivity index (χ1) is 14.4. The molecule has 1 heterocycles. The van der Waals surface area contributed by atoms with E-state index in [1.165, 1.54) is 4.90 Å². The average molecular weight is 462 g/mol. The standard InChI is InChI=1S/C23H28ClN3OS2/c1-17-15-18(24)16-20-22(17)25-23(30-20)27(13-8-12-26(2)3)21(28)11-7-14-29-19-9-5-4-6-10-19/h4-6,9-10,15-16H,7-8,11-14H2,1-3H3. The van der Waals surface area contributed by atoms with Crippen LogP contribution >= 0.6 is 34.7 Å². The minimum atomic E-state index is 0.144. The maximum atomic E-state index is 13.1. The van der Waals surface area contributed by atoms with E-state index in [-0.39, 0.29) is 5.91 Å². The number of carbonyl (C=O) groups excluding carboxylic acids is 1. The van der Waals surface area contributed by atoms with Crippen molar-refractivity contribution in [2.75, 3.05) is 37.8 Å². The van der Waals surface area contributed by atoms with Crippen LogP contribution in [0.2, 0.25) is 5.02 Å². The Bertz CT molecular complexity index is 975. The predicted octanol–water partition coefficient (Wildman–Crippen LogP) is 6.12. The number of benzene rings is 2. The van der Waals surface area contributed by atoms with Gasteiger partial charge in [0, 0.05) is 22.9 Å². The highest BCUT2D eigenvalue weighted by atomic mass is 35.5. The number of aromatic nitrogens is 1. The molecule has 0 saturated carbocycles. The Morgan fingerprint density at radius 2 is 1.90 bits per heavy atom. The average Bonchev–Trinajstić information content (AvgIpc) is 3.13. The molecule has 30 heavy (non-hydrogen) atoms. The van der Waals surface area contributed by atoms with Crippen molar-refractivity contribution in [1.82, 2.24) is 9.88 Å². The van der Waals surface area contributed by atoms with Crippen LogP contribution in [0.3, 0.4) is 0 Å². The van der Waals surface area contributed by atoms with Crippen LogP contribution < -0.4 is 4.90 Å². The number of anilines is 1. The summed E-state index contributed by atoms with van der Waals surface area (Å²) in [6.07, 6.45) is 2.28. The van der Waals surface area contributed by atoms with Crippen molar-refractivity contribution in [3.8, 4) is 0 Å². The Balaban J connectivity index is 1.68. The van der Waals surface area contributed by atoms with Gasteiger partial charge < -0.3 is 4.90 Å². The first-order valence-corrected chi connectivity index (χ1v) is 12.3. The van der Waals surface area contributed by atoms with E-state index in [1.54, 1.807) is 23.1 Å². The van der Waals surface area contributed by atoms with E-state index in [0.29, 0.717) is 18.0 Å². The fourth-order valence-electron chi connectivity index (χ4n) is 3.20. The van der Waals surface area contributed by atoms with Gasteiger partial charge in [0.1, 0.15) is 0 Å². The van der Waals surface area contributed by atoms with Gasteiger partial charge in [-0.15, -0.1) is 11.8 Å². The van der Waals surface area contributed by atoms with Crippen LogP contribution in [0.4, 0.5) is 5.13 Å². The summed E-state index contributed by atoms with van der Waals surface area (Å²) in [6.45, 7) is 3.62. The van der Waals surface area contributed by atoms with Gasteiger partial charge >= 0.3 is 0 Å². The van der Waals surface area contributed by atoms with E-state index in [0.717, 1.165) is 46.1 Å². The molecule has 0 bridgehead atoms. The molecule has 0 saturated heterocycles. The number of nitrogens with zero attached hydrogens (tertiary/aromatic N) is 3. The van der Waals surface area contributed by atoms with E-state index in [2.05, 4.69) is 31.1 Å². The van der Waals surface area contributed by atoms with E-state index < -0.39 is 0 Å². The summed E-state index contributed by atoms with van der Waals surface area (Å²) in [5.41, 5.74) is 1.98. The van der Waals surface area contributed by atoms with Gasteiger partial charge in [-0.3, -0.25) is 9.69 Å². The molecule has 1 amide bonds. The molecule has 0 spiro atoms. The lowest BCUT2D eigenvalue weighted by Crippen LogP contribution is -2.33. The zero-order chi connectivity index (χ0) is 21.5. The lowest BCUT2D eigenvalue weighted by Gasteiger charge is -2.21. The largest absolute Gasteiger partial charge is 0.309 e. The van der Waals surface area contributed by atoms with Gasteiger partial charge in [0.05, 0.1) is 10.2 Å². The number of thiazole rings is 1. The number of fused-ring (bicyclic) bond motifs is 1. The van der Waals surface area contributed by atoms with Crippen LogP contribution in [-0.2, 0) is 4.79 Å². The lowest BCUT2D eigenvalue weighted by molar-refractivity contribution is -0.118. The molecule has 0 atom stereocenters. The molecule has 7 heteroatoms. The van der Waals surface area contributed by atoms with Crippen molar-refractivity contribution < 1.29 is 4.79 Å². The van der Waals surface area contributed by atoms with Crippen molar-refractivity contribution in [2.24, 2.45) is 0 Å². The zero-order valence-corrected chi connectivity index (χ0v) is 20.1. The van der Waals surface area contributed by atoms with Gasteiger partial charge in [0.25, 0.3) is 0 Å². The number of amides is 1. The van der Waals surface area contributed by atoms with Gasteiger partial charge in [-0.1, -0.05) is 41.1 Å². The smallest absolute Gasteiger partial charge is 0.228 e. The molecule has 0 aliphatic heterocycles. The van der Waals surface area contributed by atoms with Gasteiger partial charge in [0.15, 0.2) is 5.13 Å². The minimum absolute atomic E-state index is 0.144. The van der Waals surface area contributed by atoms with Crippen molar-refractivity contribution >= 4 is 56.0 Å². The van der Waals surface area contributed by atoms with Crippen molar-refractivity contribution in [1.29, 1.82) is 0 Å². The molecule has 3 rings (SSSR count). The summed E-state index contributed by atoms with van der Waals surface area (Å²) in [6, 6.07) is 14.2. The molecule has 2 aromatic carbocycles. The third-order valence-electron chi connectivity index (χ3n) is 4.70. The Morgan fingerprint density at radius 1 is 1.13 bits per heavy atom. The van der Waals surface area contributed by atoms with Crippen LogP contribution in [0.15, 0.2) is 47.4 Å². The van der Waals surface area contributed by atoms with Crippen LogP contribution in [0.1, 0.15) is 24.8 Å². The van der Waals surface area contributed by atoms with Crippen LogP contribution in [0, 0.1) is 6.92 Å². The molecule has 0 N–H and O–H groups in total. The number of halogens is 1. The topological polar surface area (TPSA) is 36.4 Å². The predicted molar refractivity (Wildman–Crippen MR) is 131 cm³/mol. The molecular weight excluding hydrogens is 434 g/mol. The number of rotatable bonds is 10. The zero-order valence-electron chi connectivity index (χ0n) is 17.7. The second-order valence-corrected chi connectivity index (χ2v) is 10.1. The first kappa shape index (κ1) is 23.1. The van der Waals surface area contributed by atoms with Gasteiger partial charge in [-0.05, 0) is 76.0 Å². The number of thioether (sulfide) groups is 1. The number of aryl methyl sites for hydroxylation is 1. The fraction of sp³-hybridized carbons (Fsp3) is 0.391. The van der Waals surface area contributed by atoms with Crippen LogP contribution in [0.5, 0.6) is 0 Å². The second-order valence-electron chi connectivity index (χ2n) is 7.53. The van der Waals surface area contributed by atoms with Crippen LogP contribution in [0.25, 0.3) is 10.2 Å². The SMILES string of the molecule is Cc1cc(Cl)cc2sc(N(CCCN(C)C)C(=O)CCCSc3ccccc3)nc12. The van der Waals surface area contributed by atoms with Crippen molar-refractivity contribution in [3.05, 3.63) is 53.1 Å². The van der Waals surface area contributed by atoms with Gasteiger partial charge in [-0.2, -0.15) is 0 Å². The summed E-state index contributed by atoms with van der Waals surface area (Å²) in [5.74, 6) is 1.07. The number of hydrogen-bond donors (Lipinski definition) is 0. The number of hydrogen-bond acceptors (Lipinski definition) is 5. The van der Waals surface area contributed by atoms with Crippen LogP contribution in [-0.4, -0.2) is 48.7 Å². The third-order valence-corrected chi connectivity index (χ3v) is 7.05. The molecule has 0 aliphatic carbocycles. The first-order valence-electron chi connectivity index (χ1n) is 10.1. The van der Waals surface area contributed by atoms with Gasteiger partial charge in [0.2, 0.25) is 5.91 Å². The summed E-state index contributed by atoms with van der Waals surface area (Å²) in [4.78, 5) is 23.1. The van der Waals surface area contributed by atoms with E-state index in [4.69, 9.17) is 16.6 Å². The molecular formula is C23H28ClN3OS2. The second kappa shape index (κ2) is 11.1. The molecule has 1 aromatic heterocycles. The maximum Gasteiger partial charge on any atom is 0.228 e. The van der Waals surface area contributed by atoms with Crippen molar-refractivity contribution in [3.63, 3.8) is 0 Å². The molecule has 0 aliphatic rings. The summed E-state index contributed by atoms with van der Waals surface area (Å²) < 4.78 is 1.03. The summed E-state index contributed by atoms with van der Waals surface area (Å²) >= 11 is 9.56. The monoisotopic (exact) mass is 461 g/mol. The Hall–Kier alpha value is -1.60. The summed E-state index contributed by atoms with van der Waals surface area (Å²) in [7, 11) is 4.10. The molecule has 0 fully saturated rings.